The maximum atomic E-state index is 12.6. The van der Waals surface area contributed by atoms with Crippen LogP contribution in [0.15, 0.2) is 4.90 Å². The third-order valence-corrected chi connectivity index (χ3v) is 13.0. The quantitative estimate of drug-likeness (QED) is 0.219. The van der Waals surface area contributed by atoms with E-state index in [1.54, 1.807) is 0 Å². The van der Waals surface area contributed by atoms with E-state index in [1.807, 2.05) is 20.8 Å². The van der Waals surface area contributed by atoms with Crippen LogP contribution in [0.4, 0.5) is 0 Å². The lowest BCUT2D eigenvalue weighted by molar-refractivity contribution is 0.317. The Morgan fingerprint density at radius 1 is 0.758 bits per heavy atom. The molecule has 0 amide bonds. The van der Waals surface area contributed by atoms with E-state index in [0.29, 0.717) is 36.1 Å². The maximum absolute atomic E-state index is 12.6. The Hall–Kier alpha value is -0.330. The first-order valence-electron chi connectivity index (χ1n) is 11.4. The van der Waals surface area contributed by atoms with Gasteiger partial charge in [-0.05, 0) is 48.1 Å². The summed E-state index contributed by atoms with van der Waals surface area (Å²) in [7, 11) is -10.4. The van der Waals surface area contributed by atoms with Crippen LogP contribution in [0.3, 0.4) is 0 Å². The first-order chi connectivity index (χ1) is 14.7. The van der Waals surface area contributed by atoms with Crippen molar-refractivity contribution in [1.82, 2.24) is 0 Å². The Morgan fingerprint density at radius 3 is 1.33 bits per heavy atom. The highest BCUT2D eigenvalue weighted by Crippen LogP contribution is 2.77. The van der Waals surface area contributed by atoms with E-state index in [9.17, 15) is 28.7 Å². The summed E-state index contributed by atoms with van der Waals surface area (Å²) in [6.07, 6.45) is 0.657. The average molecular weight is 525 g/mol. The van der Waals surface area contributed by atoms with Gasteiger partial charge >= 0.3 is 15.2 Å². The molecule has 0 spiro atoms. The topological polar surface area (TPSA) is 124 Å². The molecule has 33 heavy (non-hydrogen) atoms. The van der Waals surface area contributed by atoms with Crippen LogP contribution in [0.1, 0.15) is 97.9 Å². The molecule has 0 heterocycles. The van der Waals surface area contributed by atoms with E-state index in [1.165, 1.54) is 6.92 Å². The Kier molecular flexibility index (Phi) is 9.62. The second-order valence-corrected chi connectivity index (χ2v) is 16.3. The Labute approximate surface area is 203 Å². The predicted molar refractivity (Wildman–Crippen MR) is 137 cm³/mol. The van der Waals surface area contributed by atoms with Gasteiger partial charge in [-0.1, -0.05) is 74.1 Å². The molecule has 0 aliphatic carbocycles. The predicted octanol–water partition coefficient (Wildman–Crippen LogP) is 6.32. The standard InChI is InChI=1S/C23H42O7P2S/c1-11-15-17(21(5,6)7)19(30-14-4)18(22(8,9)10)16(12-2)20(15)33-23(13-3,31(24,25)26)32(27,28)29/h11-14H2,1-10H3,(H2,24,25,26)(H2,27,28,29). The van der Waals surface area contributed by atoms with Gasteiger partial charge in [0.05, 0.1) is 6.61 Å². The van der Waals surface area contributed by atoms with Crippen LogP contribution in [0.25, 0.3) is 0 Å². The van der Waals surface area contributed by atoms with Crippen LogP contribution in [0, 0.1) is 0 Å². The molecule has 1 aromatic carbocycles. The van der Waals surface area contributed by atoms with Gasteiger partial charge in [-0.25, -0.2) is 0 Å². The molecule has 0 aliphatic rings. The van der Waals surface area contributed by atoms with Gasteiger partial charge in [0.2, 0.25) is 4.23 Å². The van der Waals surface area contributed by atoms with Crippen molar-refractivity contribution in [3.8, 4) is 5.75 Å². The van der Waals surface area contributed by atoms with Crippen LogP contribution in [-0.2, 0) is 32.8 Å². The fourth-order valence-corrected chi connectivity index (χ4v) is 9.31. The largest absolute Gasteiger partial charge is 0.493 e. The number of hydrogen-bond acceptors (Lipinski definition) is 4. The van der Waals surface area contributed by atoms with Crippen LogP contribution < -0.4 is 4.74 Å². The summed E-state index contributed by atoms with van der Waals surface area (Å²) < 4.78 is 28.9. The first kappa shape index (κ1) is 30.7. The summed E-state index contributed by atoms with van der Waals surface area (Å²) >= 11 is 0.658. The van der Waals surface area contributed by atoms with Gasteiger partial charge < -0.3 is 24.3 Å². The lowest BCUT2D eigenvalue weighted by Crippen LogP contribution is -2.28. The molecule has 0 atom stereocenters. The summed E-state index contributed by atoms with van der Waals surface area (Å²) in [4.78, 5) is 41.4. The monoisotopic (exact) mass is 524 g/mol. The first-order valence-corrected chi connectivity index (χ1v) is 15.4. The smallest absolute Gasteiger partial charge is 0.354 e. The molecule has 0 saturated heterocycles. The van der Waals surface area contributed by atoms with Crippen molar-refractivity contribution in [3.63, 3.8) is 0 Å². The Balaban J connectivity index is 4.41. The van der Waals surface area contributed by atoms with Crippen molar-refractivity contribution in [2.75, 3.05) is 6.61 Å². The lowest BCUT2D eigenvalue weighted by Gasteiger charge is -2.38. The van der Waals surface area contributed by atoms with Gasteiger partial charge in [-0.15, -0.1) is 0 Å². The second-order valence-electron chi connectivity index (χ2n) is 10.3. The van der Waals surface area contributed by atoms with Crippen molar-refractivity contribution in [3.05, 3.63) is 22.3 Å². The van der Waals surface area contributed by atoms with Crippen molar-refractivity contribution in [2.45, 2.75) is 108 Å². The highest BCUT2D eigenvalue weighted by Gasteiger charge is 2.60. The van der Waals surface area contributed by atoms with Gasteiger partial charge in [-0.3, -0.25) is 9.13 Å². The van der Waals surface area contributed by atoms with E-state index < -0.39 is 19.4 Å². The maximum Gasteiger partial charge on any atom is 0.354 e. The minimum atomic E-state index is -5.22. The average Bonchev–Trinajstić information content (AvgIpc) is 2.61. The van der Waals surface area contributed by atoms with Crippen molar-refractivity contribution < 1.29 is 33.4 Å². The van der Waals surface area contributed by atoms with Gasteiger partial charge in [0.25, 0.3) is 0 Å². The summed E-state index contributed by atoms with van der Waals surface area (Å²) in [5.41, 5.74) is 2.71. The zero-order valence-electron chi connectivity index (χ0n) is 21.6. The molecule has 0 unspecified atom stereocenters. The summed E-state index contributed by atoms with van der Waals surface area (Å²) in [5, 5.41) is 0. The molecule has 7 nitrogen and oxygen atoms in total. The minimum absolute atomic E-state index is 0.378. The van der Waals surface area contributed by atoms with Gasteiger partial charge in [0.15, 0.2) is 0 Å². The molecule has 0 radical (unpaired) electrons. The highest BCUT2D eigenvalue weighted by atomic mass is 32.2. The fourth-order valence-electron chi connectivity index (χ4n) is 4.42. The van der Waals surface area contributed by atoms with Crippen LogP contribution >= 0.6 is 27.0 Å². The zero-order chi connectivity index (χ0) is 26.2. The van der Waals surface area contributed by atoms with Crippen molar-refractivity contribution in [1.29, 1.82) is 0 Å². The minimum Gasteiger partial charge on any atom is -0.493 e. The van der Waals surface area contributed by atoms with Crippen molar-refractivity contribution in [2.24, 2.45) is 0 Å². The van der Waals surface area contributed by atoms with Crippen LogP contribution in [0.2, 0.25) is 0 Å². The third-order valence-electron chi connectivity index (χ3n) is 5.74. The second kappa shape index (κ2) is 10.3. The van der Waals surface area contributed by atoms with E-state index in [-0.39, 0.29) is 17.3 Å². The van der Waals surface area contributed by atoms with Crippen LogP contribution in [-0.4, -0.2) is 30.4 Å². The SMILES string of the molecule is CCOc1c(C(C)(C)C)c(CC)c(SC(CC)(P(=O)(O)O)P(=O)(O)O)c(CC)c1C(C)(C)C. The molecule has 10 heteroatoms. The molecule has 0 aliphatic heterocycles. The molecular formula is C23H42O7P2S. The summed E-state index contributed by atoms with van der Waals surface area (Å²) in [5.74, 6) is 0.769. The van der Waals surface area contributed by atoms with Gasteiger partial charge in [-0.2, -0.15) is 0 Å². The number of benzene rings is 1. The van der Waals surface area contributed by atoms with E-state index in [0.717, 1.165) is 28.0 Å². The van der Waals surface area contributed by atoms with Crippen molar-refractivity contribution >= 4 is 27.0 Å². The lowest BCUT2D eigenvalue weighted by atomic mass is 9.74. The number of thioether (sulfide) groups is 1. The number of ether oxygens (including phenoxy) is 1. The summed E-state index contributed by atoms with van der Waals surface area (Å²) in [6, 6.07) is 0. The fraction of sp³-hybridized carbons (Fsp3) is 0.739. The Morgan fingerprint density at radius 2 is 1.12 bits per heavy atom. The molecule has 0 aromatic heterocycles. The molecule has 1 aromatic rings. The Bertz CT molecular complexity index is 884. The number of hydrogen-bond donors (Lipinski definition) is 4. The zero-order valence-corrected chi connectivity index (χ0v) is 24.3. The molecule has 0 bridgehead atoms. The van der Waals surface area contributed by atoms with E-state index in [2.05, 4.69) is 41.5 Å². The van der Waals surface area contributed by atoms with Crippen LogP contribution in [0.5, 0.6) is 5.75 Å². The van der Waals surface area contributed by atoms with E-state index in [4.69, 9.17) is 4.74 Å². The normalized spacial score (nSPS) is 14.0. The molecule has 1 rings (SSSR count). The number of rotatable bonds is 9. The highest BCUT2D eigenvalue weighted by molar-refractivity contribution is 8.13. The molecule has 0 fully saturated rings. The van der Waals surface area contributed by atoms with Gasteiger partial charge in [0.1, 0.15) is 5.75 Å². The molecular weight excluding hydrogens is 482 g/mol. The molecule has 0 saturated carbocycles. The molecule has 4 N–H and O–H groups in total. The summed E-state index contributed by atoms with van der Waals surface area (Å²) in [6.45, 7) is 20.0. The third kappa shape index (κ3) is 5.91. The van der Waals surface area contributed by atoms with Gasteiger partial charge in [0, 0.05) is 16.0 Å². The molecule has 192 valence electrons. The van der Waals surface area contributed by atoms with E-state index >= 15 is 0 Å².